The molecule has 2 amide bonds. The fraction of sp³-hybridized carbons (Fsp3) is 0.867. The van der Waals surface area contributed by atoms with Crippen molar-refractivity contribution in [1.29, 1.82) is 0 Å². The van der Waals surface area contributed by atoms with Crippen LogP contribution in [0, 0.1) is 0 Å². The van der Waals surface area contributed by atoms with Crippen molar-refractivity contribution in [3.63, 3.8) is 0 Å². The highest BCUT2D eigenvalue weighted by atomic mass is 32.2. The number of hydrogen-bond donors (Lipinski definition) is 0. The van der Waals surface area contributed by atoms with E-state index in [2.05, 4.69) is 18.7 Å². The van der Waals surface area contributed by atoms with Gasteiger partial charge >= 0.3 is 0 Å². The van der Waals surface area contributed by atoms with E-state index in [9.17, 15) is 9.59 Å². The van der Waals surface area contributed by atoms with Gasteiger partial charge in [-0.1, -0.05) is 6.92 Å². The molecule has 6 heteroatoms. The molecule has 0 saturated carbocycles. The van der Waals surface area contributed by atoms with Gasteiger partial charge in [0.2, 0.25) is 11.8 Å². The van der Waals surface area contributed by atoms with Crippen LogP contribution in [0.25, 0.3) is 0 Å². The first-order valence-electron chi connectivity index (χ1n) is 8.02. The third-order valence-corrected chi connectivity index (χ3v) is 6.46. The Morgan fingerprint density at radius 2 is 2.05 bits per heavy atom. The Hall–Kier alpha value is -0.750. The highest BCUT2D eigenvalue weighted by Crippen LogP contribution is 2.47. The van der Waals surface area contributed by atoms with Crippen LogP contribution in [-0.2, 0) is 9.59 Å². The summed E-state index contributed by atoms with van der Waals surface area (Å²) in [5.41, 5.74) is 0. The molecule has 0 N–H and O–H groups in total. The van der Waals surface area contributed by atoms with E-state index in [0.717, 1.165) is 51.3 Å². The Morgan fingerprint density at radius 3 is 2.71 bits per heavy atom. The molecule has 0 aromatic heterocycles. The number of carbonyl (C=O) groups excluding carboxylic acids is 2. The molecule has 0 aromatic carbocycles. The van der Waals surface area contributed by atoms with Crippen molar-refractivity contribution >= 4 is 23.6 Å². The van der Waals surface area contributed by atoms with E-state index >= 15 is 0 Å². The highest BCUT2D eigenvalue weighted by molar-refractivity contribution is 8.01. The molecule has 118 valence electrons. The lowest BCUT2D eigenvalue weighted by Gasteiger charge is -2.38. The normalized spacial score (nSPS) is 33.6. The number of piperazine rings is 1. The van der Waals surface area contributed by atoms with Crippen LogP contribution in [0.4, 0.5) is 0 Å². The average molecular weight is 311 g/mol. The van der Waals surface area contributed by atoms with Gasteiger partial charge in [-0.05, 0) is 26.3 Å². The second kappa shape index (κ2) is 5.80. The van der Waals surface area contributed by atoms with Crippen molar-refractivity contribution in [3.05, 3.63) is 0 Å². The number of carbonyl (C=O) groups is 2. The van der Waals surface area contributed by atoms with Gasteiger partial charge in [0.1, 0.15) is 6.04 Å². The average Bonchev–Trinajstić information content (AvgIpc) is 2.97. The molecule has 3 aliphatic heterocycles. The van der Waals surface area contributed by atoms with Crippen molar-refractivity contribution in [3.8, 4) is 0 Å². The van der Waals surface area contributed by atoms with Crippen LogP contribution in [0.3, 0.4) is 0 Å². The molecule has 3 fully saturated rings. The van der Waals surface area contributed by atoms with E-state index in [1.807, 2.05) is 9.80 Å². The largest absolute Gasteiger partial charge is 0.338 e. The second-order valence-electron chi connectivity index (χ2n) is 6.43. The second-order valence-corrected chi connectivity index (χ2v) is 7.93. The third-order valence-electron chi connectivity index (χ3n) is 4.95. The van der Waals surface area contributed by atoms with E-state index in [4.69, 9.17) is 0 Å². The van der Waals surface area contributed by atoms with Gasteiger partial charge in [-0.15, -0.1) is 11.8 Å². The summed E-state index contributed by atoms with van der Waals surface area (Å²) in [6.07, 6.45) is 2.63. The summed E-state index contributed by atoms with van der Waals surface area (Å²) in [4.78, 5) is 31.0. The van der Waals surface area contributed by atoms with Gasteiger partial charge in [-0.3, -0.25) is 14.5 Å². The molecule has 3 saturated heterocycles. The minimum atomic E-state index is -0.229. The number of rotatable bonds is 3. The van der Waals surface area contributed by atoms with Crippen LogP contribution in [0.1, 0.15) is 33.1 Å². The predicted molar refractivity (Wildman–Crippen MR) is 84.0 cm³/mol. The molecule has 3 heterocycles. The van der Waals surface area contributed by atoms with Gasteiger partial charge in [0.15, 0.2) is 0 Å². The summed E-state index contributed by atoms with van der Waals surface area (Å²) >= 11 is 1.78. The Morgan fingerprint density at radius 1 is 1.33 bits per heavy atom. The first-order chi connectivity index (χ1) is 10.0. The molecule has 21 heavy (non-hydrogen) atoms. The summed E-state index contributed by atoms with van der Waals surface area (Å²) < 4.78 is 0. The van der Waals surface area contributed by atoms with Crippen molar-refractivity contribution in [1.82, 2.24) is 14.7 Å². The molecule has 0 radical (unpaired) electrons. The van der Waals surface area contributed by atoms with Gasteiger partial charge in [-0.2, -0.15) is 0 Å². The van der Waals surface area contributed by atoms with Crippen molar-refractivity contribution in [2.24, 2.45) is 0 Å². The van der Waals surface area contributed by atoms with E-state index in [0.29, 0.717) is 6.42 Å². The summed E-state index contributed by atoms with van der Waals surface area (Å²) in [5.74, 6) is 1.08. The topological polar surface area (TPSA) is 43.9 Å². The minimum absolute atomic E-state index is 0.137. The van der Waals surface area contributed by atoms with Gasteiger partial charge in [0, 0.05) is 38.4 Å². The van der Waals surface area contributed by atoms with Crippen LogP contribution < -0.4 is 0 Å². The fourth-order valence-corrected chi connectivity index (χ4v) is 5.15. The first kappa shape index (κ1) is 15.2. The maximum Gasteiger partial charge on any atom is 0.246 e. The maximum atomic E-state index is 12.8. The predicted octanol–water partition coefficient (Wildman–Crippen LogP) is 0.995. The molecule has 0 spiro atoms. The third kappa shape index (κ3) is 2.68. The number of fused-ring (bicyclic) bond motifs is 1. The highest BCUT2D eigenvalue weighted by Gasteiger charge is 2.53. The molecule has 0 aromatic rings. The Bertz CT molecular complexity index is 437. The number of hydrogen-bond acceptors (Lipinski definition) is 4. The van der Waals surface area contributed by atoms with Crippen LogP contribution in [0.5, 0.6) is 0 Å². The molecule has 3 aliphatic rings. The molecule has 0 bridgehead atoms. The SMILES string of the molecule is CCCN1CCN(C(=O)C2CSC3(C)CCC(=O)N23)CC1. The molecule has 5 nitrogen and oxygen atoms in total. The smallest absolute Gasteiger partial charge is 0.246 e. The van der Waals surface area contributed by atoms with Crippen molar-refractivity contribution in [2.75, 3.05) is 38.5 Å². The molecule has 2 unspecified atom stereocenters. The molecule has 2 atom stereocenters. The van der Waals surface area contributed by atoms with Gasteiger partial charge in [0.05, 0.1) is 4.87 Å². The van der Waals surface area contributed by atoms with E-state index in [1.165, 1.54) is 0 Å². The monoisotopic (exact) mass is 311 g/mol. The summed E-state index contributed by atoms with van der Waals surface area (Å²) in [7, 11) is 0. The van der Waals surface area contributed by atoms with E-state index in [1.54, 1.807) is 11.8 Å². The fourth-order valence-electron chi connectivity index (χ4n) is 3.72. The number of amides is 2. The lowest BCUT2D eigenvalue weighted by Crippen LogP contribution is -2.56. The van der Waals surface area contributed by atoms with Gasteiger partial charge in [-0.25, -0.2) is 0 Å². The minimum Gasteiger partial charge on any atom is -0.338 e. The lowest BCUT2D eigenvalue weighted by atomic mass is 10.2. The zero-order valence-electron chi connectivity index (χ0n) is 13.0. The van der Waals surface area contributed by atoms with E-state index < -0.39 is 0 Å². The molecule has 0 aliphatic carbocycles. The molecular weight excluding hydrogens is 286 g/mol. The molecule has 3 rings (SSSR count). The lowest BCUT2D eigenvalue weighted by molar-refractivity contribution is -0.144. The molecular formula is C15H25N3O2S. The Kier molecular flexibility index (Phi) is 4.19. The van der Waals surface area contributed by atoms with Crippen LogP contribution in [0.15, 0.2) is 0 Å². The van der Waals surface area contributed by atoms with Crippen LogP contribution in [-0.4, -0.2) is 75.9 Å². The zero-order valence-corrected chi connectivity index (χ0v) is 13.8. The first-order valence-corrected chi connectivity index (χ1v) is 9.01. The van der Waals surface area contributed by atoms with Crippen molar-refractivity contribution in [2.45, 2.75) is 44.0 Å². The Labute approximate surface area is 131 Å². The number of nitrogens with zero attached hydrogens (tertiary/aromatic N) is 3. The maximum absolute atomic E-state index is 12.8. The van der Waals surface area contributed by atoms with Crippen molar-refractivity contribution < 1.29 is 9.59 Å². The van der Waals surface area contributed by atoms with Crippen LogP contribution >= 0.6 is 11.8 Å². The zero-order chi connectivity index (χ0) is 15.0. The number of thioether (sulfide) groups is 1. The Balaban J connectivity index is 1.63. The van der Waals surface area contributed by atoms with E-state index in [-0.39, 0.29) is 22.7 Å². The van der Waals surface area contributed by atoms with Gasteiger partial charge in [0.25, 0.3) is 0 Å². The summed E-state index contributed by atoms with van der Waals surface area (Å²) in [6.45, 7) is 8.94. The standard InChI is InChI=1S/C15H25N3O2S/c1-3-6-16-7-9-17(10-8-16)14(20)12-11-21-15(2)5-4-13(19)18(12)15/h12H,3-11H2,1-2H3. The summed E-state index contributed by atoms with van der Waals surface area (Å²) in [5, 5.41) is 0. The van der Waals surface area contributed by atoms with Gasteiger partial charge < -0.3 is 9.80 Å². The summed E-state index contributed by atoms with van der Waals surface area (Å²) in [6, 6.07) is -0.229. The quantitative estimate of drug-likeness (QED) is 0.780. The van der Waals surface area contributed by atoms with Crippen LogP contribution in [0.2, 0.25) is 0 Å².